The molecule has 0 aliphatic heterocycles. The average molecular weight is 273 g/mol. The first-order valence-corrected chi connectivity index (χ1v) is 7.45. The van der Waals surface area contributed by atoms with E-state index in [-0.39, 0.29) is 0 Å². The highest BCUT2D eigenvalue weighted by Gasteiger charge is 1.99. The van der Waals surface area contributed by atoms with Crippen LogP contribution in [0.5, 0.6) is 5.75 Å². The molecule has 0 bridgehead atoms. The summed E-state index contributed by atoms with van der Waals surface area (Å²) in [5.41, 5.74) is 2.30. The van der Waals surface area contributed by atoms with Gasteiger partial charge in [0.25, 0.3) is 0 Å². The summed E-state index contributed by atoms with van der Waals surface area (Å²) in [6.07, 6.45) is 8.61. The van der Waals surface area contributed by atoms with Crippen molar-refractivity contribution in [1.82, 2.24) is 15.4 Å². The van der Waals surface area contributed by atoms with Crippen molar-refractivity contribution in [3.63, 3.8) is 0 Å². The lowest BCUT2D eigenvalue weighted by Gasteiger charge is -2.07. The Balaban J connectivity index is 1.69. The third-order valence-corrected chi connectivity index (χ3v) is 3.32. The summed E-state index contributed by atoms with van der Waals surface area (Å²) >= 11 is 0. The molecule has 0 amide bonds. The standard InChI is InChI=1S/C16H23N3O/c1-2-3-4-5-12-20-16-10-7-14(8-11-16)6-9-15-13-17-19-18-15/h7-8,10-11,13H,2-6,9,12H2,1H3,(H,17,18,19). The van der Waals surface area contributed by atoms with Gasteiger partial charge in [-0.05, 0) is 37.0 Å². The number of nitrogens with zero attached hydrogens (tertiary/aromatic N) is 2. The van der Waals surface area contributed by atoms with Crippen molar-refractivity contribution < 1.29 is 4.74 Å². The van der Waals surface area contributed by atoms with E-state index in [1.54, 1.807) is 6.20 Å². The van der Waals surface area contributed by atoms with Crippen LogP contribution in [-0.2, 0) is 12.8 Å². The molecule has 0 aliphatic rings. The van der Waals surface area contributed by atoms with Crippen molar-refractivity contribution in [3.8, 4) is 5.75 Å². The maximum Gasteiger partial charge on any atom is 0.119 e. The van der Waals surface area contributed by atoms with Gasteiger partial charge in [0.2, 0.25) is 0 Å². The molecule has 2 aromatic rings. The Kier molecular flexibility index (Phi) is 6.08. The number of H-pyrrole nitrogens is 1. The number of aryl methyl sites for hydroxylation is 2. The van der Waals surface area contributed by atoms with E-state index in [0.717, 1.165) is 37.3 Å². The van der Waals surface area contributed by atoms with Crippen LogP contribution in [-0.4, -0.2) is 22.0 Å². The van der Waals surface area contributed by atoms with Crippen molar-refractivity contribution in [2.45, 2.75) is 45.4 Å². The molecule has 20 heavy (non-hydrogen) atoms. The third kappa shape index (κ3) is 5.03. The van der Waals surface area contributed by atoms with E-state index < -0.39 is 0 Å². The Hall–Kier alpha value is -1.84. The van der Waals surface area contributed by atoms with E-state index in [9.17, 15) is 0 Å². The average Bonchev–Trinajstić information content (AvgIpc) is 2.99. The van der Waals surface area contributed by atoms with E-state index in [4.69, 9.17) is 4.74 Å². The van der Waals surface area contributed by atoms with Crippen molar-refractivity contribution in [2.24, 2.45) is 0 Å². The van der Waals surface area contributed by atoms with Crippen LogP contribution in [0.25, 0.3) is 0 Å². The molecule has 4 nitrogen and oxygen atoms in total. The predicted octanol–water partition coefficient (Wildman–Crippen LogP) is 3.55. The first kappa shape index (κ1) is 14.6. The SMILES string of the molecule is CCCCCCOc1ccc(CCc2cn[nH]n2)cc1. The fraction of sp³-hybridized carbons (Fsp3) is 0.500. The van der Waals surface area contributed by atoms with Crippen molar-refractivity contribution >= 4 is 0 Å². The number of benzene rings is 1. The van der Waals surface area contributed by atoms with Gasteiger partial charge in [-0.1, -0.05) is 38.3 Å². The zero-order valence-electron chi connectivity index (χ0n) is 12.1. The Morgan fingerprint density at radius 3 is 2.60 bits per heavy atom. The Morgan fingerprint density at radius 2 is 1.90 bits per heavy atom. The van der Waals surface area contributed by atoms with Crippen molar-refractivity contribution in [2.75, 3.05) is 6.61 Å². The minimum absolute atomic E-state index is 0.818. The van der Waals surface area contributed by atoms with Crippen molar-refractivity contribution in [3.05, 3.63) is 41.7 Å². The normalized spacial score (nSPS) is 10.7. The second-order valence-electron chi connectivity index (χ2n) is 5.01. The molecule has 0 fully saturated rings. The Labute approximate surface area is 120 Å². The van der Waals surface area contributed by atoms with E-state index in [2.05, 4.69) is 46.6 Å². The van der Waals surface area contributed by atoms with Crippen LogP contribution in [0.15, 0.2) is 30.5 Å². The summed E-state index contributed by atoms with van der Waals surface area (Å²) in [5.74, 6) is 0.965. The first-order chi connectivity index (χ1) is 9.88. The summed E-state index contributed by atoms with van der Waals surface area (Å²) in [4.78, 5) is 0. The van der Waals surface area contributed by atoms with Gasteiger partial charge in [0, 0.05) is 0 Å². The number of hydrogen-bond acceptors (Lipinski definition) is 3. The molecule has 1 aromatic heterocycles. The van der Waals surface area contributed by atoms with Gasteiger partial charge in [-0.2, -0.15) is 15.4 Å². The van der Waals surface area contributed by atoms with Gasteiger partial charge in [-0.15, -0.1) is 0 Å². The predicted molar refractivity (Wildman–Crippen MR) is 79.9 cm³/mol. The van der Waals surface area contributed by atoms with Crippen LogP contribution in [0.1, 0.15) is 43.9 Å². The van der Waals surface area contributed by atoms with Crippen LogP contribution in [0, 0.1) is 0 Å². The monoisotopic (exact) mass is 273 g/mol. The Bertz CT molecular complexity index is 465. The molecule has 0 unspecified atom stereocenters. The molecule has 0 aliphatic carbocycles. The molecule has 0 spiro atoms. The van der Waals surface area contributed by atoms with Crippen LogP contribution in [0.3, 0.4) is 0 Å². The van der Waals surface area contributed by atoms with Crippen LogP contribution in [0.2, 0.25) is 0 Å². The van der Waals surface area contributed by atoms with Gasteiger partial charge in [0.05, 0.1) is 18.5 Å². The minimum Gasteiger partial charge on any atom is -0.494 e. The first-order valence-electron chi connectivity index (χ1n) is 7.45. The molecule has 0 radical (unpaired) electrons. The topological polar surface area (TPSA) is 50.8 Å². The summed E-state index contributed by atoms with van der Waals surface area (Å²) in [5, 5.41) is 10.5. The summed E-state index contributed by atoms with van der Waals surface area (Å²) in [7, 11) is 0. The highest BCUT2D eigenvalue weighted by molar-refractivity contribution is 5.27. The lowest BCUT2D eigenvalue weighted by molar-refractivity contribution is 0.305. The molecule has 2 rings (SSSR count). The molecular formula is C16H23N3O. The van der Waals surface area contributed by atoms with Crippen LogP contribution >= 0.6 is 0 Å². The van der Waals surface area contributed by atoms with Gasteiger partial charge in [0.15, 0.2) is 0 Å². The minimum atomic E-state index is 0.818. The molecule has 1 aromatic carbocycles. The molecule has 0 saturated carbocycles. The Morgan fingerprint density at radius 1 is 1.05 bits per heavy atom. The number of unbranched alkanes of at least 4 members (excludes halogenated alkanes) is 3. The third-order valence-electron chi connectivity index (χ3n) is 3.32. The summed E-state index contributed by atoms with van der Waals surface area (Å²) < 4.78 is 5.73. The number of rotatable bonds is 9. The van der Waals surface area contributed by atoms with Gasteiger partial charge < -0.3 is 4.74 Å². The second-order valence-corrected chi connectivity index (χ2v) is 5.01. The number of aromatic nitrogens is 3. The molecular weight excluding hydrogens is 250 g/mol. The number of hydrogen-bond donors (Lipinski definition) is 1. The molecule has 0 saturated heterocycles. The highest BCUT2D eigenvalue weighted by Crippen LogP contribution is 2.14. The molecule has 0 atom stereocenters. The number of aromatic amines is 1. The van der Waals surface area contributed by atoms with Crippen molar-refractivity contribution in [1.29, 1.82) is 0 Å². The van der Waals surface area contributed by atoms with Gasteiger partial charge in [-0.25, -0.2) is 0 Å². The molecule has 1 N–H and O–H groups in total. The lowest BCUT2D eigenvalue weighted by atomic mass is 10.1. The van der Waals surface area contributed by atoms with E-state index in [1.165, 1.54) is 24.8 Å². The smallest absolute Gasteiger partial charge is 0.119 e. The molecule has 1 heterocycles. The molecule has 108 valence electrons. The fourth-order valence-corrected chi connectivity index (χ4v) is 2.09. The zero-order chi connectivity index (χ0) is 14.0. The van der Waals surface area contributed by atoms with Gasteiger partial charge in [0.1, 0.15) is 5.75 Å². The largest absolute Gasteiger partial charge is 0.494 e. The van der Waals surface area contributed by atoms with Gasteiger partial charge in [-0.3, -0.25) is 0 Å². The lowest BCUT2D eigenvalue weighted by Crippen LogP contribution is -1.97. The number of ether oxygens (including phenoxy) is 1. The molecule has 4 heteroatoms. The zero-order valence-corrected chi connectivity index (χ0v) is 12.1. The fourth-order valence-electron chi connectivity index (χ4n) is 2.09. The van der Waals surface area contributed by atoms with Crippen LogP contribution in [0.4, 0.5) is 0 Å². The van der Waals surface area contributed by atoms with E-state index >= 15 is 0 Å². The summed E-state index contributed by atoms with van der Waals surface area (Å²) in [6, 6.07) is 8.36. The highest BCUT2D eigenvalue weighted by atomic mass is 16.5. The van der Waals surface area contributed by atoms with E-state index in [1.807, 2.05) is 0 Å². The van der Waals surface area contributed by atoms with Crippen LogP contribution < -0.4 is 4.74 Å². The maximum atomic E-state index is 5.73. The maximum absolute atomic E-state index is 5.73. The van der Waals surface area contributed by atoms with E-state index in [0.29, 0.717) is 0 Å². The van der Waals surface area contributed by atoms with Gasteiger partial charge >= 0.3 is 0 Å². The number of nitrogens with one attached hydrogen (secondary N) is 1. The second kappa shape index (κ2) is 8.35. The quantitative estimate of drug-likeness (QED) is 0.711. The summed E-state index contributed by atoms with van der Waals surface area (Å²) in [6.45, 7) is 3.04.